The van der Waals surface area contributed by atoms with Gasteiger partial charge in [0, 0.05) is 0 Å². The molecular weight excluding hydrogens is 106 g/mol. The Hall–Kier alpha value is -0.370. The third kappa shape index (κ3) is 5.63. The van der Waals surface area contributed by atoms with Crippen molar-refractivity contribution in [2.24, 2.45) is 5.73 Å². The number of rotatable bonds is 3. The Morgan fingerprint density at radius 2 is 2.57 bits per heavy atom. The first-order chi connectivity index (χ1) is 3.27. The van der Waals surface area contributed by atoms with Crippen LogP contribution in [0.2, 0.25) is 0 Å². The molecule has 0 aromatic rings. The highest BCUT2D eigenvalue weighted by Crippen LogP contribution is 1.85. The van der Waals surface area contributed by atoms with E-state index in [1.165, 1.54) is 0 Å². The average molecular weight is 113 g/mol. The van der Waals surface area contributed by atoms with Gasteiger partial charge >= 0.3 is 0 Å². The first-order valence-corrected chi connectivity index (χ1v) is 2.32. The summed E-state index contributed by atoms with van der Waals surface area (Å²) < 4.78 is 0. The standard InChI is InChI=1S/C5H7NS/c1-2-3-4-5(6)7/h2H,1,3H2,(H2,6,7). The van der Waals surface area contributed by atoms with E-state index < -0.39 is 0 Å². The van der Waals surface area contributed by atoms with E-state index in [0.29, 0.717) is 11.4 Å². The lowest BCUT2D eigenvalue weighted by atomic mass is 10.3. The summed E-state index contributed by atoms with van der Waals surface area (Å²) in [6.45, 7) is 3.45. The molecule has 0 saturated heterocycles. The number of allylic oxidation sites excluding steroid dienone is 1. The van der Waals surface area contributed by atoms with Crippen LogP contribution in [0.1, 0.15) is 6.42 Å². The van der Waals surface area contributed by atoms with Gasteiger partial charge in [-0.3, -0.25) is 0 Å². The van der Waals surface area contributed by atoms with Crippen LogP contribution < -0.4 is 5.73 Å². The minimum absolute atomic E-state index is 0.319. The lowest BCUT2D eigenvalue weighted by Crippen LogP contribution is -2.06. The molecular formula is C5H7NS. The summed E-state index contributed by atoms with van der Waals surface area (Å²) in [4.78, 5) is 0.319. The van der Waals surface area contributed by atoms with Crippen LogP contribution in [0.15, 0.2) is 12.7 Å². The second-order valence-electron chi connectivity index (χ2n) is 1.03. The molecule has 0 unspecified atom stereocenters. The Balaban J connectivity index is 2.97. The van der Waals surface area contributed by atoms with Crippen LogP contribution in [0.5, 0.6) is 0 Å². The number of hydrogen-bond donors (Lipinski definition) is 1. The van der Waals surface area contributed by atoms with Gasteiger partial charge in [0.05, 0.1) is 11.4 Å². The predicted molar refractivity (Wildman–Crippen MR) is 34.8 cm³/mol. The molecule has 2 heteroatoms. The molecule has 0 spiro atoms. The summed E-state index contributed by atoms with van der Waals surface area (Å²) in [6.07, 6.45) is 5.03. The van der Waals surface area contributed by atoms with Gasteiger partial charge in [-0.05, 0) is 6.42 Å². The number of nitrogens with two attached hydrogens (primary N) is 1. The average Bonchev–Trinajstić information content (AvgIpc) is 1.61. The third-order valence-electron chi connectivity index (χ3n) is 0.421. The first-order valence-electron chi connectivity index (χ1n) is 1.91. The van der Waals surface area contributed by atoms with Crippen LogP contribution in [-0.4, -0.2) is 4.99 Å². The molecule has 0 amide bonds. The smallest absolute Gasteiger partial charge is 0.0814 e. The third-order valence-corrected chi connectivity index (χ3v) is 0.565. The summed E-state index contributed by atoms with van der Waals surface area (Å²) in [5, 5.41) is 0. The molecule has 0 aliphatic carbocycles. The fraction of sp³-hybridized carbons (Fsp3) is 0.200. The van der Waals surface area contributed by atoms with E-state index in [1.54, 1.807) is 6.08 Å². The zero-order valence-corrected chi connectivity index (χ0v) is 4.79. The zero-order chi connectivity index (χ0) is 5.70. The quantitative estimate of drug-likeness (QED) is 0.435. The Labute approximate surface area is 49.2 Å². The Kier molecular flexibility index (Phi) is 3.61. The van der Waals surface area contributed by atoms with Gasteiger partial charge < -0.3 is 5.73 Å². The van der Waals surface area contributed by atoms with Crippen molar-refractivity contribution in [3.63, 3.8) is 0 Å². The van der Waals surface area contributed by atoms with Gasteiger partial charge in [-0.1, -0.05) is 18.3 Å². The molecule has 7 heavy (non-hydrogen) atoms. The van der Waals surface area contributed by atoms with Crippen molar-refractivity contribution in [3.05, 3.63) is 19.1 Å². The van der Waals surface area contributed by atoms with Gasteiger partial charge in [0.15, 0.2) is 0 Å². The van der Waals surface area contributed by atoms with E-state index in [1.807, 2.05) is 0 Å². The molecule has 0 aromatic carbocycles. The Morgan fingerprint density at radius 1 is 2.00 bits per heavy atom. The van der Waals surface area contributed by atoms with Crippen LogP contribution in [0.3, 0.4) is 0 Å². The fourth-order valence-electron chi connectivity index (χ4n) is 0.173. The molecule has 0 rings (SSSR count). The van der Waals surface area contributed by atoms with Gasteiger partial charge in [0.1, 0.15) is 0 Å². The van der Waals surface area contributed by atoms with Crippen LogP contribution >= 0.6 is 12.2 Å². The fourth-order valence-corrected chi connectivity index (χ4v) is 0.256. The van der Waals surface area contributed by atoms with Crippen molar-refractivity contribution in [2.75, 3.05) is 0 Å². The first kappa shape index (κ1) is 6.63. The van der Waals surface area contributed by atoms with E-state index in [0.717, 1.165) is 0 Å². The second kappa shape index (κ2) is 3.81. The van der Waals surface area contributed by atoms with Crippen molar-refractivity contribution < 1.29 is 0 Å². The Morgan fingerprint density at radius 3 is 2.71 bits per heavy atom. The molecule has 0 aliphatic heterocycles. The molecule has 0 heterocycles. The van der Waals surface area contributed by atoms with Gasteiger partial charge in [-0.25, -0.2) is 0 Å². The molecule has 0 aliphatic rings. The summed E-state index contributed by atoms with van der Waals surface area (Å²) in [5.74, 6) is 0. The highest BCUT2D eigenvalue weighted by Gasteiger charge is 1.83. The van der Waals surface area contributed by atoms with Gasteiger partial charge in [-0.15, -0.1) is 6.58 Å². The summed E-state index contributed by atoms with van der Waals surface area (Å²) in [6, 6.07) is 0. The predicted octanol–water partition coefficient (Wildman–Crippen LogP) is 0.930. The normalized spacial score (nSPS) is 8.00. The van der Waals surface area contributed by atoms with Crippen LogP contribution in [0.4, 0.5) is 0 Å². The van der Waals surface area contributed by atoms with Gasteiger partial charge in [0.25, 0.3) is 0 Å². The summed E-state index contributed by atoms with van der Waals surface area (Å²) in [5.41, 5.74) is 5.05. The van der Waals surface area contributed by atoms with Crippen LogP contribution in [-0.2, 0) is 0 Å². The molecule has 0 saturated carbocycles. The second-order valence-corrected chi connectivity index (χ2v) is 1.47. The Bertz CT molecular complexity index is 78.1. The highest BCUT2D eigenvalue weighted by atomic mass is 32.1. The largest absolute Gasteiger partial charge is 0.393 e. The number of thiocarbonyl (C=S) groups is 1. The molecule has 0 atom stereocenters. The van der Waals surface area contributed by atoms with Crippen molar-refractivity contribution in [2.45, 2.75) is 6.42 Å². The van der Waals surface area contributed by atoms with E-state index in [4.69, 9.17) is 5.73 Å². The minimum atomic E-state index is 0.319. The number of hydrogen-bond acceptors (Lipinski definition) is 1. The lowest BCUT2D eigenvalue weighted by molar-refractivity contribution is 1.33. The van der Waals surface area contributed by atoms with E-state index in [-0.39, 0.29) is 0 Å². The molecule has 0 aromatic heterocycles. The molecule has 2 radical (unpaired) electrons. The zero-order valence-electron chi connectivity index (χ0n) is 3.98. The maximum atomic E-state index is 5.05. The van der Waals surface area contributed by atoms with Crippen molar-refractivity contribution in [1.82, 2.24) is 0 Å². The van der Waals surface area contributed by atoms with Crippen LogP contribution in [0, 0.1) is 6.42 Å². The van der Waals surface area contributed by atoms with Crippen molar-refractivity contribution >= 4 is 17.2 Å². The van der Waals surface area contributed by atoms with E-state index in [2.05, 4.69) is 25.2 Å². The van der Waals surface area contributed by atoms with Crippen molar-refractivity contribution in [1.29, 1.82) is 0 Å². The lowest BCUT2D eigenvalue weighted by Gasteiger charge is -1.85. The maximum absolute atomic E-state index is 5.05. The monoisotopic (exact) mass is 113 g/mol. The molecule has 0 bridgehead atoms. The molecule has 0 fully saturated rings. The molecule has 38 valence electrons. The molecule has 2 N–H and O–H groups in total. The maximum Gasteiger partial charge on any atom is 0.0814 e. The van der Waals surface area contributed by atoms with Crippen molar-refractivity contribution in [3.8, 4) is 0 Å². The summed E-state index contributed by atoms with van der Waals surface area (Å²) in [7, 11) is 0. The van der Waals surface area contributed by atoms with E-state index >= 15 is 0 Å². The highest BCUT2D eigenvalue weighted by molar-refractivity contribution is 7.80. The SMILES string of the molecule is C=CC[C]C(N)=S. The van der Waals surface area contributed by atoms with Crippen LogP contribution in [0.25, 0.3) is 0 Å². The molecule has 1 nitrogen and oxygen atoms in total. The van der Waals surface area contributed by atoms with Gasteiger partial charge in [-0.2, -0.15) is 0 Å². The van der Waals surface area contributed by atoms with E-state index in [9.17, 15) is 0 Å². The topological polar surface area (TPSA) is 26.0 Å². The minimum Gasteiger partial charge on any atom is -0.393 e. The summed E-state index contributed by atoms with van der Waals surface area (Å²) >= 11 is 4.48. The van der Waals surface area contributed by atoms with Gasteiger partial charge in [0.2, 0.25) is 0 Å².